The molecule has 0 heterocycles. The first-order valence-corrected chi connectivity index (χ1v) is 7.29. The zero-order chi connectivity index (χ0) is 12.1. The van der Waals surface area contributed by atoms with E-state index in [1.54, 1.807) is 11.8 Å². The summed E-state index contributed by atoms with van der Waals surface area (Å²) in [5.74, 6) is 0.386. The van der Waals surface area contributed by atoms with Crippen molar-refractivity contribution in [3.63, 3.8) is 0 Å². The number of rotatable bonds is 4. The molecule has 2 nitrogen and oxygen atoms in total. The molecule has 0 N–H and O–H groups in total. The Kier molecular flexibility index (Phi) is 4.63. The zero-order valence-corrected chi connectivity index (χ0v) is 10.9. The summed E-state index contributed by atoms with van der Waals surface area (Å²) in [6, 6.07) is 10.2. The molecule has 1 aliphatic rings. The van der Waals surface area contributed by atoms with Crippen LogP contribution in [-0.2, 0) is 16.1 Å². The summed E-state index contributed by atoms with van der Waals surface area (Å²) in [5, 5.41) is 0.143. The highest BCUT2D eigenvalue weighted by molar-refractivity contribution is 7.99. The Bertz CT molecular complexity index is 364. The maximum Gasteiger partial charge on any atom is 0.146 e. The first kappa shape index (κ1) is 12.7. The van der Waals surface area contributed by atoms with Gasteiger partial charge in [0, 0.05) is 6.42 Å². The predicted octanol–water partition coefficient (Wildman–Crippen LogP) is 3.06. The Balaban J connectivity index is 1.82. The lowest BCUT2D eigenvalue weighted by molar-refractivity contribution is -0.122. The second-order valence-corrected chi connectivity index (χ2v) is 5.42. The number of Topliss-reactive ketones (excluding diaryl/α,β-unsaturated/α-hetero) is 1. The van der Waals surface area contributed by atoms with Gasteiger partial charge in [-0.1, -0.05) is 30.3 Å². The summed E-state index contributed by atoms with van der Waals surface area (Å²) in [7, 11) is 0. The summed E-state index contributed by atoms with van der Waals surface area (Å²) in [6.45, 7) is 0.654. The number of hydrogen-bond donors (Lipinski definition) is 0. The average molecular weight is 250 g/mol. The van der Waals surface area contributed by atoms with Crippen molar-refractivity contribution in [1.29, 1.82) is 0 Å². The Morgan fingerprint density at radius 3 is 2.82 bits per heavy atom. The molecule has 92 valence electrons. The number of thioether (sulfide) groups is 1. The van der Waals surface area contributed by atoms with Gasteiger partial charge in [-0.25, -0.2) is 0 Å². The predicted molar refractivity (Wildman–Crippen MR) is 71.2 cm³/mol. The van der Waals surface area contributed by atoms with E-state index in [1.165, 1.54) is 5.56 Å². The molecular formula is C14H18O2S. The van der Waals surface area contributed by atoms with Gasteiger partial charge in [0.1, 0.15) is 5.78 Å². The lowest BCUT2D eigenvalue weighted by Gasteiger charge is -2.27. The van der Waals surface area contributed by atoms with Gasteiger partial charge in [-0.05, 0) is 24.7 Å². The third-order valence-electron chi connectivity index (χ3n) is 3.16. The molecule has 0 aromatic heterocycles. The van der Waals surface area contributed by atoms with E-state index in [0.717, 1.165) is 12.8 Å². The van der Waals surface area contributed by atoms with Crippen molar-refractivity contribution < 1.29 is 9.53 Å². The van der Waals surface area contributed by atoms with E-state index in [1.807, 2.05) is 24.5 Å². The fourth-order valence-corrected chi connectivity index (χ4v) is 2.91. The smallest absolute Gasteiger partial charge is 0.146 e. The van der Waals surface area contributed by atoms with Crippen LogP contribution in [0.4, 0.5) is 0 Å². The van der Waals surface area contributed by atoms with E-state index < -0.39 is 0 Å². The van der Waals surface area contributed by atoms with Gasteiger partial charge < -0.3 is 4.74 Å². The van der Waals surface area contributed by atoms with Crippen molar-refractivity contribution in [3.8, 4) is 0 Å². The third-order valence-corrected chi connectivity index (χ3v) is 4.19. The van der Waals surface area contributed by atoms with Gasteiger partial charge in [0.15, 0.2) is 0 Å². The minimum Gasteiger partial charge on any atom is -0.373 e. The molecule has 2 rings (SSSR count). The third kappa shape index (κ3) is 3.58. The molecule has 1 aliphatic carbocycles. The van der Waals surface area contributed by atoms with Crippen LogP contribution in [0.1, 0.15) is 24.8 Å². The molecule has 3 heteroatoms. The van der Waals surface area contributed by atoms with Crippen LogP contribution in [0.5, 0.6) is 0 Å². The first-order chi connectivity index (χ1) is 8.29. The summed E-state index contributed by atoms with van der Waals surface area (Å²) in [6.07, 6.45) is 4.66. The topological polar surface area (TPSA) is 26.3 Å². The van der Waals surface area contributed by atoms with Gasteiger partial charge in [0.25, 0.3) is 0 Å². The molecule has 1 unspecified atom stereocenters. The van der Waals surface area contributed by atoms with Gasteiger partial charge in [0.05, 0.1) is 18.0 Å². The number of carbonyl (C=O) groups excluding carboxylic acids is 1. The van der Waals surface area contributed by atoms with Crippen LogP contribution in [0, 0.1) is 0 Å². The van der Waals surface area contributed by atoms with E-state index in [-0.39, 0.29) is 11.4 Å². The molecule has 1 aromatic carbocycles. The first-order valence-electron chi connectivity index (χ1n) is 6.00. The van der Waals surface area contributed by atoms with Crippen LogP contribution in [0.3, 0.4) is 0 Å². The monoisotopic (exact) mass is 250 g/mol. The molecule has 1 saturated carbocycles. The van der Waals surface area contributed by atoms with Crippen molar-refractivity contribution in [3.05, 3.63) is 35.9 Å². The van der Waals surface area contributed by atoms with Crippen molar-refractivity contribution in [2.24, 2.45) is 0 Å². The Morgan fingerprint density at radius 2 is 2.12 bits per heavy atom. The summed E-state index contributed by atoms with van der Waals surface area (Å²) >= 11 is 1.65. The molecule has 1 fully saturated rings. The standard InChI is InChI=1S/C14H18O2S/c1-17-14-9-12(7-8-13(14)15)16-10-11-5-3-2-4-6-11/h2-6,12,14H,7-10H2,1H3/t12-,14?/m0/s1. The van der Waals surface area contributed by atoms with Gasteiger partial charge >= 0.3 is 0 Å². The second kappa shape index (κ2) is 6.22. The van der Waals surface area contributed by atoms with Crippen LogP contribution in [0.15, 0.2) is 30.3 Å². The van der Waals surface area contributed by atoms with Crippen LogP contribution in [-0.4, -0.2) is 23.4 Å². The maximum atomic E-state index is 11.6. The van der Waals surface area contributed by atoms with E-state index in [2.05, 4.69) is 12.1 Å². The minimum atomic E-state index is 0.143. The Hall–Kier alpha value is -0.800. The number of ketones is 1. The fraction of sp³-hybridized carbons (Fsp3) is 0.500. The van der Waals surface area contributed by atoms with Crippen LogP contribution < -0.4 is 0 Å². The summed E-state index contributed by atoms with van der Waals surface area (Å²) < 4.78 is 5.88. The molecule has 0 saturated heterocycles. The highest BCUT2D eigenvalue weighted by Crippen LogP contribution is 2.26. The minimum absolute atomic E-state index is 0.143. The molecule has 17 heavy (non-hydrogen) atoms. The zero-order valence-electron chi connectivity index (χ0n) is 10.1. The van der Waals surface area contributed by atoms with Gasteiger partial charge in [0.2, 0.25) is 0 Å². The number of hydrogen-bond acceptors (Lipinski definition) is 3. The normalized spacial score (nSPS) is 24.9. The highest BCUT2D eigenvalue weighted by Gasteiger charge is 2.28. The molecule has 0 spiro atoms. The Labute approximate surface area is 107 Å². The van der Waals surface area contributed by atoms with E-state index in [0.29, 0.717) is 18.8 Å². The van der Waals surface area contributed by atoms with Gasteiger partial charge in [-0.2, -0.15) is 11.8 Å². The highest BCUT2D eigenvalue weighted by atomic mass is 32.2. The fourth-order valence-electron chi connectivity index (χ4n) is 2.12. The second-order valence-electron chi connectivity index (χ2n) is 4.38. The molecule has 0 aliphatic heterocycles. The molecule has 0 radical (unpaired) electrons. The largest absolute Gasteiger partial charge is 0.373 e. The van der Waals surface area contributed by atoms with E-state index in [4.69, 9.17) is 4.74 Å². The number of carbonyl (C=O) groups is 1. The molecule has 2 atom stereocenters. The lowest BCUT2D eigenvalue weighted by atomic mass is 9.96. The number of benzene rings is 1. The Morgan fingerprint density at radius 1 is 1.35 bits per heavy atom. The molecule has 0 bridgehead atoms. The number of ether oxygens (including phenoxy) is 1. The van der Waals surface area contributed by atoms with Gasteiger partial charge in [-0.3, -0.25) is 4.79 Å². The van der Waals surface area contributed by atoms with Crippen LogP contribution in [0.2, 0.25) is 0 Å². The molecule has 1 aromatic rings. The molecular weight excluding hydrogens is 232 g/mol. The van der Waals surface area contributed by atoms with Crippen molar-refractivity contribution >= 4 is 17.5 Å². The summed E-state index contributed by atoms with van der Waals surface area (Å²) in [4.78, 5) is 11.6. The summed E-state index contributed by atoms with van der Waals surface area (Å²) in [5.41, 5.74) is 1.20. The van der Waals surface area contributed by atoms with E-state index in [9.17, 15) is 4.79 Å². The van der Waals surface area contributed by atoms with Crippen molar-refractivity contribution in [1.82, 2.24) is 0 Å². The van der Waals surface area contributed by atoms with Crippen molar-refractivity contribution in [2.45, 2.75) is 37.2 Å². The van der Waals surface area contributed by atoms with Crippen molar-refractivity contribution in [2.75, 3.05) is 6.26 Å². The maximum absolute atomic E-state index is 11.6. The lowest BCUT2D eigenvalue weighted by Crippen LogP contribution is -2.31. The van der Waals surface area contributed by atoms with Crippen LogP contribution in [0.25, 0.3) is 0 Å². The molecule has 0 amide bonds. The SMILES string of the molecule is CSC1C[C@@H](OCc2ccccc2)CCC1=O. The van der Waals surface area contributed by atoms with E-state index >= 15 is 0 Å². The van der Waals surface area contributed by atoms with Crippen LogP contribution >= 0.6 is 11.8 Å². The quantitative estimate of drug-likeness (QED) is 0.821. The van der Waals surface area contributed by atoms with Gasteiger partial charge in [-0.15, -0.1) is 0 Å². The average Bonchev–Trinajstić information content (AvgIpc) is 2.39.